The van der Waals surface area contributed by atoms with Gasteiger partial charge in [-0.15, -0.1) is 24.0 Å². The number of ether oxygens (including phenoxy) is 1. The van der Waals surface area contributed by atoms with Gasteiger partial charge in [-0.1, -0.05) is 13.8 Å². The van der Waals surface area contributed by atoms with Gasteiger partial charge in [0, 0.05) is 13.1 Å². The Morgan fingerprint density at radius 1 is 1.25 bits per heavy atom. The van der Waals surface area contributed by atoms with Crippen LogP contribution in [0.4, 0.5) is 4.79 Å². The van der Waals surface area contributed by atoms with Crippen molar-refractivity contribution in [2.24, 2.45) is 16.8 Å². The molecular weight excluding hydrogens is 419 g/mol. The summed E-state index contributed by atoms with van der Waals surface area (Å²) in [5, 5.41) is 9.56. The maximum absolute atomic E-state index is 11.6. The summed E-state index contributed by atoms with van der Waals surface area (Å²) in [4.78, 5) is 16.2. The van der Waals surface area contributed by atoms with Crippen LogP contribution in [0.5, 0.6) is 0 Å². The fourth-order valence-corrected chi connectivity index (χ4v) is 2.38. The molecule has 142 valence electrons. The number of amides is 1. The Hall–Kier alpha value is -0.730. The van der Waals surface area contributed by atoms with Crippen LogP contribution >= 0.6 is 24.0 Å². The van der Waals surface area contributed by atoms with Crippen LogP contribution < -0.4 is 16.0 Å². The summed E-state index contributed by atoms with van der Waals surface area (Å²) in [6, 6.07) is 0.0696. The minimum Gasteiger partial charge on any atom is -0.450 e. The van der Waals surface area contributed by atoms with Crippen LogP contribution in [0.2, 0.25) is 0 Å². The van der Waals surface area contributed by atoms with Crippen LogP contribution in [0.1, 0.15) is 53.4 Å². The second-order valence-corrected chi connectivity index (χ2v) is 6.49. The van der Waals surface area contributed by atoms with Crippen molar-refractivity contribution in [2.75, 3.05) is 26.2 Å². The predicted molar refractivity (Wildman–Crippen MR) is 110 cm³/mol. The summed E-state index contributed by atoms with van der Waals surface area (Å²) < 4.78 is 4.98. The number of carbonyl (C=O) groups is 1. The van der Waals surface area contributed by atoms with Gasteiger partial charge in [-0.05, 0) is 51.4 Å². The van der Waals surface area contributed by atoms with Gasteiger partial charge in [-0.2, -0.15) is 0 Å². The number of guanidine groups is 1. The number of nitrogens with zero attached hydrogens (tertiary/aromatic N) is 1. The summed E-state index contributed by atoms with van der Waals surface area (Å²) in [6.07, 6.45) is 4.32. The van der Waals surface area contributed by atoms with Crippen molar-refractivity contribution in [1.29, 1.82) is 0 Å². The Kier molecular flexibility index (Phi) is 13.1. The molecule has 0 bridgehead atoms. The smallest absolute Gasteiger partial charge is 0.407 e. The first-order valence-electron chi connectivity index (χ1n) is 9.02. The summed E-state index contributed by atoms with van der Waals surface area (Å²) >= 11 is 0. The van der Waals surface area contributed by atoms with Gasteiger partial charge in [0.25, 0.3) is 0 Å². The third-order valence-corrected chi connectivity index (χ3v) is 3.81. The molecule has 3 N–H and O–H groups in total. The zero-order valence-electron chi connectivity index (χ0n) is 15.6. The van der Waals surface area contributed by atoms with E-state index in [1.807, 2.05) is 6.92 Å². The highest BCUT2D eigenvalue weighted by molar-refractivity contribution is 14.0. The zero-order valence-corrected chi connectivity index (χ0v) is 17.9. The van der Waals surface area contributed by atoms with Crippen molar-refractivity contribution in [1.82, 2.24) is 16.0 Å². The normalized spacial score (nSPS) is 15.5. The van der Waals surface area contributed by atoms with Crippen LogP contribution in [0.15, 0.2) is 4.99 Å². The molecule has 1 saturated carbocycles. The Balaban J connectivity index is 0.00000529. The lowest BCUT2D eigenvalue weighted by atomic mass is 10.1. The highest BCUT2D eigenvalue weighted by atomic mass is 127. The van der Waals surface area contributed by atoms with Crippen LogP contribution in [-0.2, 0) is 4.74 Å². The molecule has 6 nitrogen and oxygen atoms in total. The highest BCUT2D eigenvalue weighted by Crippen LogP contribution is 2.32. The van der Waals surface area contributed by atoms with Crippen molar-refractivity contribution < 1.29 is 9.53 Å². The number of hydrogen-bond donors (Lipinski definition) is 3. The lowest BCUT2D eigenvalue weighted by molar-refractivity contribution is 0.147. The highest BCUT2D eigenvalue weighted by Gasteiger charge is 2.32. The van der Waals surface area contributed by atoms with E-state index in [4.69, 9.17) is 4.74 Å². The summed E-state index contributed by atoms with van der Waals surface area (Å²) in [7, 11) is 0. The molecule has 1 aliphatic carbocycles. The second-order valence-electron chi connectivity index (χ2n) is 6.49. The number of nitrogens with one attached hydrogen (secondary N) is 3. The SMILES string of the molecule is CCNC(=NCC(NC(=O)OCC)C1CC1)NCCCC(C)C.I. The number of alkyl carbamates (subject to hydrolysis) is 1. The van der Waals surface area contributed by atoms with Gasteiger partial charge in [0.15, 0.2) is 5.96 Å². The molecule has 1 rings (SSSR count). The number of halogens is 1. The minimum absolute atomic E-state index is 0. The van der Waals surface area contributed by atoms with Gasteiger partial charge in [0.05, 0.1) is 19.2 Å². The van der Waals surface area contributed by atoms with Gasteiger partial charge < -0.3 is 20.7 Å². The Morgan fingerprint density at radius 2 is 1.96 bits per heavy atom. The van der Waals surface area contributed by atoms with E-state index < -0.39 is 0 Å². The topological polar surface area (TPSA) is 74.8 Å². The molecule has 7 heteroatoms. The Bertz CT molecular complexity index is 374. The molecule has 0 aromatic heterocycles. The molecular formula is C17H35IN4O2. The lowest BCUT2D eigenvalue weighted by Crippen LogP contribution is -2.42. The van der Waals surface area contributed by atoms with E-state index in [-0.39, 0.29) is 36.1 Å². The van der Waals surface area contributed by atoms with Gasteiger partial charge in [0.2, 0.25) is 0 Å². The maximum Gasteiger partial charge on any atom is 0.407 e. The molecule has 1 unspecified atom stereocenters. The van der Waals surface area contributed by atoms with E-state index in [0.29, 0.717) is 19.1 Å². The zero-order chi connectivity index (χ0) is 17.1. The van der Waals surface area contributed by atoms with E-state index in [0.717, 1.165) is 44.2 Å². The second kappa shape index (κ2) is 13.5. The van der Waals surface area contributed by atoms with Gasteiger partial charge in [0.1, 0.15) is 0 Å². The fourth-order valence-electron chi connectivity index (χ4n) is 2.38. The first-order chi connectivity index (χ1) is 11.1. The minimum atomic E-state index is -0.338. The average Bonchev–Trinajstić information content (AvgIpc) is 3.32. The van der Waals surface area contributed by atoms with E-state index in [2.05, 4.69) is 41.7 Å². The van der Waals surface area contributed by atoms with Gasteiger partial charge >= 0.3 is 6.09 Å². The Morgan fingerprint density at radius 3 is 2.50 bits per heavy atom. The molecule has 1 aliphatic rings. The lowest BCUT2D eigenvalue weighted by Gasteiger charge is -2.17. The first-order valence-corrected chi connectivity index (χ1v) is 9.02. The quantitative estimate of drug-likeness (QED) is 0.205. The summed E-state index contributed by atoms with van der Waals surface area (Å²) in [6.45, 7) is 11.1. The van der Waals surface area contributed by atoms with E-state index in [1.165, 1.54) is 6.42 Å². The summed E-state index contributed by atoms with van der Waals surface area (Å²) in [5.74, 6) is 2.09. The molecule has 0 aromatic rings. The van der Waals surface area contributed by atoms with Crippen molar-refractivity contribution >= 4 is 36.0 Å². The molecule has 0 aliphatic heterocycles. The molecule has 0 radical (unpaired) electrons. The largest absolute Gasteiger partial charge is 0.450 e. The maximum atomic E-state index is 11.6. The van der Waals surface area contributed by atoms with Crippen LogP contribution in [0.3, 0.4) is 0 Å². The van der Waals surface area contributed by atoms with E-state index in [9.17, 15) is 4.79 Å². The monoisotopic (exact) mass is 454 g/mol. The molecule has 1 fully saturated rings. The van der Waals surface area contributed by atoms with Crippen LogP contribution in [0, 0.1) is 11.8 Å². The number of carbonyl (C=O) groups excluding carboxylic acids is 1. The van der Waals surface area contributed by atoms with Crippen LogP contribution in [-0.4, -0.2) is 44.3 Å². The van der Waals surface area contributed by atoms with Gasteiger partial charge in [-0.3, -0.25) is 4.99 Å². The van der Waals surface area contributed by atoms with Crippen LogP contribution in [0.25, 0.3) is 0 Å². The summed E-state index contributed by atoms with van der Waals surface area (Å²) in [5.41, 5.74) is 0. The molecule has 0 saturated heterocycles. The van der Waals surface area contributed by atoms with Crippen molar-refractivity contribution in [3.63, 3.8) is 0 Å². The molecule has 24 heavy (non-hydrogen) atoms. The van der Waals surface area contributed by atoms with Crippen molar-refractivity contribution in [2.45, 2.75) is 59.4 Å². The molecule has 1 amide bonds. The number of rotatable bonds is 10. The number of aliphatic imine (C=N–C) groups is 1. The molecule has 0 aromatic carbocycles. The third kappa shape index (κ3) is 10.9. The molecule has 1 atom stereocenters. The molecule has 0 heterocycles. The van der Waals surface area contributed by atoms with Crippen molar-refractivity contribution in [3.8, 4) is 0 Å². The van der Waals surface area contributed by atoms with E-state index in [1.54, 1.807) is 0 Å². The third-order valence-electron chi connectivity index (χ3n) is 3.81. The first kappa shape index (κ1) is 23.3. The Labute approximate surface area is 164 Å². The molecule has 0 spiro atoms. The number of hydrogen-bond acceptors (Lipinski definition) is 3. The van der Waals surface area contributed by atoms with Crippen molar-refractivity contribution in [3.05, 3.63) is 0 Å². The van der Waals surface area contributed by atoms with Gasteiger partial charge in [-0.25, -0.2) is 4.79 Å². The average molecular weight is 454 g/mol. The van der Waals surface area contributed by atoms with E-state index >= 15 is 0 Å². The predicted octanol–water partition coefficient (Wildman–Crippen LogP) is 3.12. The fraction of sp³-hybridized carbons (Fsp3) is 0.882. The standard InChI is InChI=1S/C17H34N4O2.HI/c1-5-18-16(19-11-7-8-13(3)4)20-12-15(14-9-10-14)21-17(22)23-6-2;/h13-15H,5-12H2,1-4H3,(H,21,22)(H2,18,19,20);1H.